The lowest BCUT2D eigenvalue weighted by molar-refractivity contribution is 0.136. The molecule has 0 saturated carbocycles. The van der Waals surface area contributed by atoms with Crippen molar-refractivity contribution in [3.8, 4) is 0 Å². The molecule has 3 heterocycles. The number of halogens is 1. The van der Waals surface area contributed by atoms with Crippen LogP contribution in [0, 0.1) is 11.7 Å². The van der Waals surface area contributed by atoms with Crippen molar-refractivity contribution in [3.05, 3.63) is 48.0 Å². The Balaban J connectivity index is 1.48. The highest BCUT2D eigenvalue weighted by Gasteiger charge is 2.29. The van der Waals surface area contributed by atoms with Crippen molar-refractivity contribution in [3.63, 3.8) is 0 Å². The summed E-state index contributed by atoms with van der Waals surface area (Å²) < 4.78 is 13.2. The zero-order chi connectivity index (χ0) is 18.8. The zero-order valence-corrected chi connectivity index (χ0v) is 15.8. The summed E-state index contributed by atoms with van der Waals surface area (Å²) in [6, 6.07) is 9.26. The molecule has 27 heavy (non-hydrogen) atoms. The molecule has 0 spiro atoms. The second-order valence-corrected chi connectivity index (χ2v) is 7.79. The molecular weight excluding hydrogens is 343 g/mol. The van der Waals surface area contributed by atoms with E-state index in [0.717, 1.165) is 62.5 Å². The Morgan fingerprint density at radius 2 is 1.93 bits per heavy atom. The molecule has 2 aliphatic rings. The number of hydrogen-bond acceptors (Lipinski definition) is 5. The Morgan fingerprint density at radius 1 is 1.15 bits per heavy atom. The molecule has 5 nitrogen and oxygen atoms in total. The number of aromatic nitrogens is 2. The molecular formula is C21H27FN4O. The van der Waals surface area contributed by atoms with Gasteiger partial charge in [0.05, 0.1) is 6.10 Å². The van der Waals surface area contributed by atoms with Gasteiger partial charge in [-0.2, -0.15) is 0 Å². The molecule has 0 bridgehead atoms. The average Bonchev–Trinajstić information content (AvgIpc) is 3.33. The largest absolute Gasteiger partial charge is 0.393 e. The number of aliphatic hydroxyl groups excluding tert-OH is 1. The van der Waals surface area contributed by atoms with Gasteiger partial charge in [0.15, 0.2) is 0 Å². The number of aliphatic hydroxyl groups is 1. The third-order valence-corrected chi connectivity index (χ3v) is 5.93. The summed E-state index contributed by atoms with van der Waals surface area (Å²) in [6.07, 6.45) is 5.51. The van der Waals surface area contributed by atoms with Crippen molar-refractivity contribution in [2.24, 2.45) is 5.92 Å². The van der Waals surface area contributed by atoms with E-state index in [2.05, 4.69) is 25.8 Å². The lowest BCUT2D eigenvalue weighted by Crippen LogP contribution is -2.32. The van der Waals surface area contributed by atoms with E-state index >= 15 is 0 Å². The number of anilines is 2. The van der Waals surface area contributed by atoms with Gasteiger partial charge in [-0.05, 0) is 50.3 Å². The molecule has 0 aliphatic carbocycles. The molecule has 3 atom stereocenters. The number of nitrogens with zero attached hydrogens (tertiary/aromatic N) is 4. The van der Waals surface area contributed by atoms with Crippen LogP contribution >= 0.6 is 0 Å². The Bertz CT molecular complexity index is 767. The second-order valence-electron chi connectivity index (χ2n) is 7.79. The molecule has 2 aliphatic heterocycles. The van der Waals surface area contributed by atoms with Crippen LogP contribution in [0.1, 0.15) is 31.7 Å². The molecule has 1 aromatic heterocycles. The van der Waals surface area contributed by atoms with Crippen LogP contribution < -0.4 is 9.80 Å². The van der Waals surface area contributed by atoms with Crippen LogP contribution in [0.5, 0.6) is 0 Å². The second kappa shape index (κ2) is 7.80. The van der Waals surface area contributed by atoms with Crippen LogP contribution in [0.15, 0.2) is 36.7 Å². The summed E-state index contributed by atoms with van der Waals surface area (Å²) in [6.45, 7) is 4.61. The summed E-state index contributed by atoms with van der Waals surface area (Å²) >= 11 is 0. The van der Waals surface area contributed by atoms with E-state index in [1.165, 1.54) is 12.1 Å². The smallest absolute Gasteiger partial charge is 0.134 e. The van der Waals surface area contributed by atoms with Crippen molar-refractivity contribution in [2.45, 2.75) is 44.8 Å². The van der Waals surface area contributed by atoms with E-state index < -0.39 is 0 Å². The lowest BCUT2D eigenvalue weighted by atomic mass is 10.0. The molecule has 3 unspecified atom stereocenters. The van der Waals surface area contributed by atoms with Gasteiger partial charge >= 0.3 is 0 Å². The third-order valence-electron chi connectivity index (χ3n) is 5.93. The first kappa shape index (κ1) is 18.2. The summed E-state index contributed by atoms with van der Waals surface area (Å²) in [5.41, 5.74) is 1.15. The molecule has 1 aromatic carbocycles. The van der Waals surface area contributed by atoms with Crippen molar-refractivity contribution < 1.29 is 9.50 Å². The van der Waals surface area contributed by atoms with Gasteiger partial charge < -0.3 is 14.9 Å². The monoisotopic (exact) mass is 370 g/mol. The normalized spacial score (nSPS) is 23.8. The number of rotatable bonds is 5. The standard InChI is InChI=1S/C21H27FN4O/c1-15(27)17-8-10-25(13-17)20-12-21(24-14-23-20)26-9-2-3-19(26)11-16-4-6-18(22)7-5-16/h4-7,12,14-15,17,19,27H,2-3,8-11,13H2,1H3. The summed E-state index contributed by atoms with van der Waals surface area (Å²) in [4.78, 5) is 13.6. The minimum atomic E-state index is -0.282. The maximum absolute atomic E-state index is 13.2. The fraction of sp³-hybridized carbons (Fsp3) is 0.524. The molecule has 1 N–H and O–H groups in total. The summed E-state index contributed by atoms with van der Waals surface area (Å²) in [7, 11) is 0. The van der Waals surface area contributed by atoms with Gasteiger partial charge in [-0.1, -0.05) is 12.1 Å². The van der Waals surface area contributed by atoms with Crippen LogP contribution in [0.4, 0.5) is 16.0 Å². The van der Waals surface area contributed by atoms with Gasteiger partial charge in [-0.15, -0.1) is 0 Å². The predicted octanol–water partition coefficient (Wildman–Crippen LogP) is 3.03. The SMILES string of the molecule is CC(O)C1CCN(c2cc(N3CCCC3Cc3ccc(F)cc3)ncn2)C1. The molecule has 0 radical (unpaired) electrons. The summed E-state index contributed by atoms with van der Waals surface area (Å²) in [5, 5.41) is 9.84. The highest BCUT2D eigenvalue weighted by molar-refractivity contribution is 5.52. The van der Waals surface area contributed by atoms with E-state index in [9.17, 15) is 9.50 Å². The first-order valence-electron chi connectivity index (χ1n) is 9.86. The van der Waals surface area contributed by atoms with Crippen molar-refractivity contribution in [1.29, 1.82) is 0 Å². The molecule has 6 heteroatoms. The van der Waals surface area contributed by atoms with Crippen LogP contribution in [-0.4, -0.2) is 46.9 Å². The first-order valence-corrected chi connectivity index (χ1v) is 9.86. The van der Waals surface area contributed by atoms with Crippen molar-refractivity contribution in [2.75, 3.05) is 29.4 Å². The fourth-order valence-corrected chi connectivity index (χ4v) is 4.30. The van der Waals surface area contributed by atoms with Crippen LogP contribution in [0.3, 0.4) is 0 Å². The van der Waals surface area contributed by atoms with E-state index in [-0.39, 0.29) is 11.9 Å². The highest BCUT2D eigenvalue weighted by Crippen LogP contribution is 2.30. The van der Waals surface area contributed by atoms with Gasteiger partial charge in [-0.25, -0.2) is 14.4 Å². The Kier molecular flexibility index (Phi) is 5.25. The minimum Gasteiger partial charge on any atom is -0.393 e. The maximum Gasteiger partial charge on any atom is 0.134 e. The van der Waals surface area contributed by atoms with Gasteiger partial charge in [0.1, 0.15) is 23.8 Å². The van der Waals surface area contributed by atoms with E-state index in [4.69, 9.17) is 0 Å². The molecule has 4 rings (SSSR count). The van der Waals surface area contributed by atoms with Crippen LogP contribution in [-0.2, 0) is 6.42 Å². The number of hydrogen-bond donors (Lipinski definition) is 1. The van der Waals surface area contributed by atoms with Gasteiger partial charge in [0.25, 0.3) is 0 Å². The molecule has 144 valence electrons. The van der Waals surface area contributed by atoms with Gasteiger partial charge in [0, 0.05) is 37.7 Å². The molecule has 0 amide bonds. The van der Waals surface area contributed by atoms with Crippen LogP contribution in [0.25, 0.3) is 0 Å². The van der Waals surface area contributed by atoms with E-state index in [1.807, 2.05) is 19.1 Å². The Labute approximate surface area is 159 Å². The molecule has 2 saturated heterocycles. The topological polar surface area (TPSA) is 52.5 Å². The van der Waals surface area contributed by atoms with Gasteiger partial charge in [-0.3, -0.25) is 0 Å². The van der Waals surface area contributed by atoms with E-state index in [1.54, 1.807) is 6.33 Å². The Hall–Kier alpha value is -2.21. The highest BCUT2D eigenvalue weighted by atomic mass is 19.1. The van der Waals surface area contributed by atoms with Crippen molar-refractivity contribution in [1.82, 2.24) is 9.97 Å². The first-order chi connectivity index (χ1) is 13.1. The summed E-state index contributed by atoms with van der Waals surface area (Å²) in [5.74, 6) is 2.02. The third kappa shape index (κ3) is 4.05. The van der Waals surface area contributed by atoms with Gasteiger partial charge in [0.2, 0.25) is 0 Å². The quantitative estimate of drug-likeness (QED) is 0.877. The maximum atomic E-state index is 13.2. The van der Waals surface area contributed by atoms with E-state index in [0.29, 0.717) is 12.0 Å². The minimum absolute atomic E-state index is 0.191. The van der Waals surface area contributed by atoms with Crippen molar-refractivity contribution >= 4 is 11.6 Å². The number of benzene rings is 1. The van der Waals surface area contributed by atoms with Crippen LogP contribution in [0.2, 0.25) is 0 Å². The fourth-order valence-electron chi connectivity index (χ4n) is 4.30. The molecule has 2 fully saturated rings. The zero-order valence-electron chi connectivity index (χ0n) is 15.8. The Morgan fingerprint density at radius 3 is 2.67 bits per heavy atom. The lowest BCUT2D eigenvalue weighted by Gasteiger charge is -2.27. The predicted molar refractivity (Wildman–Crippen MR) is 105 cm³/mol. The molecule has 2 aromatic rings. The average molecular weight is 370 g/mol.